The van der Waals surface area contributed by atoms with Crippen molar-refractivity contribution in [3.05, 3.63) is 86.9 Å². The first kappa shape index (κ1) is 20.4. The molecule has 0 aliphatic carbocycles. The molecule has 3 rings (SSSR count). The summed E-state index contributed by atoms with van der Waals surface area (Å²) in [6.45, 7) is 5.03. The summed E-state index contributed by atoms with van der Waals surface area (Å²) in [5.41, 5.74) is 5.20. The van der Waals surface area contributed by atoms with Crippen LogP contribution in [0.5, 0.6) is 11.5 Å². The molecular formula is C23H23Cl2NO2. The molecule has 0 radical (unpaired) electrons. The highest BCUT2D eigenvalue weighted by atomic mass is 35.5. The van der Waals surface area contributed by atoms with Gasteiger partial charge in [-0.2, -0.15) is 0 Å². The minimum absolute atomic E-state index is 0.451. The van der Waals surface area contributed by atoms with E-state index in [1.807, 2.05) is 31.2 Å². The molecule has 0 saturated heterocycles. The van der Waals surface area contributed by atoms with Crippen molar-refractivity contribution < 1.29 is 9.47 Å². The Labute approximate surface area is 176 Å². The van der Waals surface area contributed by atoms with Crippen LogP contribution in [0.3, 0.4) is 0 Å². The monoisotopic (exact) mass is 415 g/mol. The third-order valence-electron chi connectivity index (χ3n) is 4.50. The van der Waals surface area contributed by atoms with E-state index < -0.39 is 0 Å². The fraction of sp³-hybridized carbons (Fsp3) is 0.217. The van der Waals surface area contributed by atoms with Crippen LogP contribution in [0.4, 0.5) is 5.69 Å². The first-order valence-electron chi connectivity index (χ1n) is 9.01. The van der Waals surface area contributed by atoms with Crippen LogP contribution < -0.4 is 14.8 Å². The molecule has 0 spiro atoms. The Bertz CT molecular complexity index is 956. The molecule has 3 nitrogen and oxygen atoms in total. The van der Waals surface area contributed by atoms with Gasteiger partial charge in [-0.1, -0.05) is 59.1 Å². The lowest BCUT2D eigenvalue weighted by atomic mass is 10.1. The van der Waals surface area contributed by atoms with Crippen molar-refractivity contribution in [1.29, 1.82) is 0 Å². The average molecular weight is 416 g/mol. The van der Waals surface area contributed by atoms with Gasteiger partial charge in [-0.3, -0.25) is 0 Å². The highest BCUT2D eigenvalue weighted by Crippen LogP contribution is 2.34. The Balaban J connectivity index is 1.71. The van der Waals surface area contributed by atoms with E-state index in [4.69, 9.17) is 32.7 Å². The summed E-state index contributed by atoms with van der Waals surface area (Å²) in [6, 6.07) is 17.8. The van der Waals surface area contributed by atoms with E-state index in [9.17, 15) is 0 Å². The van der Waals surface area contributed by atoms with Gasteiger partial charge in [0.15, 0.2) is 11.5 Å². The van der Waals surface area contributed by atoms with Crippen molar-refractivity contribution >= 4 is 28.9 Å². The topological polar surface area (TPSA) is 30.5 Å². The zero-order valence-electron chi connectivity index (χ0n) is 16.2. The van der Waals surface area contributed by atoms with Crippen molar-refractivity contribution in [1.82, 2.24) is 0 Å². The lowest BCUT2D eigenvalue weighted by molar-refractivity contribution is 0.284. The van der Waals surface area contributed by atoms with Crippen LogP contribution in [-0.2, 0) is 13.2 Å². The van der Waals surface area contributed by atoms with Gasteiger partial charge in [0.2, 0.25) is 0 Å². The minimum atomic E-state index is 0.451. The first-order valence-corrected chi connectivity index (χ1v) is 9.76. The van der Waals surface area contributed by atoms with Crippen LogP contribution in [0, 0.1) is 13.8 Å². The third kappa shape index (κ3) is 5.12. The van der Waals surface area contributed by atoms with Crippen LogP contribution >= 0.6 is 23.2 Å². The summed E-state index contributed by atoms with van der Waals surface area (Å²) in [5, 5.41) is 4.68. The molecule has 0 aliphatic heterocycles. The van der Waals surface area contributed by atoms with Crippen LogP contribution in [0.2, 0.25) is 10.0 Å². The number of nitrogens with one attached hydrogen (secondary N) is 1. The Hall–Kier alpha value is -2.36. The molecule has 146 valence electrons. The van der Waals surface area contributed by atoms with Crippen LogP contribution in [0.25, 0.3) is 0 Å². The molecule has 0 fully saturated rings. The smallest absolute Gasteiger partial charge is 0.163 e. The number of ether oxygens (including phenoxy) is 2. The summed E-state index contributed by atoms with van der Waals surface area (Å²) in [7, 11) is 1.62. The molecule has 0 unspecified atom stereocenters. The Morgan fingerprint density at radius 2 is 1.61 bits per heavy atom. The number of rotatable bonds is 7. The van der Waals surface area contributed by atoms with Gasteiger partial charge in [0, 0.05) is 28.3 Å². The normalized spacial score (nSPS) is 10.6. The van der Waals surface area contributed by atoms with Crippen LogP contribution in [0.1, 0.15) is 22.3 Å². The molecule has 0 aliphatic rings. The molecule has 1 N–H and O–H groups in total. The van der Waals surface area contributed by atoms with Crippen molar-refractivity contribution in [2.75, 3.05) is 12.4 Å². The van der Waals surface area contributed by atoms with E-state index in [0.717, 1.165) is 27.4 Å². The van der Waals surface area contributed by atoms with E-state index in [2.05, 4.69) is 36.5 Å². The lowest BCUT2D eigenvalue weighted by Gasteiger charge is -2.15. The molecule has 5 heteroatoms. The zero-order chi connectivity index (χ0) is 20.1. The SMILES string of the molecule is COc1cc(CNc2ccc(C)c(Cl)c2)c(Cl)cc1OCc1ccc(C)cc1. The van der Waals surface area contributed by atoms with Crippen molar-refractivity contribution in [2.24, 2.45) is 0 Å². The molecular weight excluding hydrogens is 393 g/mol. The van der Waals surface area contributed by atoms with E-state index in [-0.39, 0.29) is 0 Å². The van der Waals surface area contributed by atoms with Crippen molar-refractivity contribution in [2.45, 2.75) is 27.0 Å². The van der Waals surface area contributed by atoms with Gasteiger partial charge >= 0.3 is 0 Å². The van der Waals surface area contributed by atoms with Gasteiger partial charge in [-0.25, -0.2) is 0 Å². The van der Waals surface area contributed by atoms with Crippen LogP contribution in [0.15, 0.2) is 54.6 Å². The average Bonchev–Trinajstić information content (AvgIpc) is 2.69. The number of hydrogen-bond donors (Lipinski definition) is 1. The van der Waals surface area contributed by atoms with E-state index in [1.54, 1.807) is 13.2 Å². The van der Waals surface area contributed by atoms with Crippen molar-refractivity contribution in [3.8, 4) is 11.5 Å². The molecule has 3 aromatic carbocycles. The third-order valence-corrected chi connectivity index (χ3v) is 5.26. The Morgan fingerprint density at radius 1 is 0.857 bits per heavy atom. The second-order valence-electron chi connectivity index (χ2n) is 6.69. The minimum Gasteiger partial charge on any atom is -0.493 e. The quantitative estimate of drug-likeness (QED) is 0.459. The molecule has 0 saturated carbocycles. The molecule has 0 heterocycles. The molecule has 0 amide bonds. The van der Waals surface area contributed by atoms with Crippen LogP contribution in [-0.4, -0.2) is 7.11 Å². The number of aryl methyl sites for hydroxylation is 2. The van der Waals surface area contributed by atoms with Gasteiger partial charge in [0.25, 0.3) is 0 Å². The summed E-state index contributed by atoms with van der Waals surface area (Å²) < 4.78 is 11.4. The van der Waals surface area contributed by atoms with E-state index in [1.165, 1.54) is 5.56 Å². The number of anilines is 1. The number of halogens is 2. The Morgan fingerprint density at radius 3 is 2.29 bits per heavy atom. The summed E-state index contributed by atoms with van der Waals surface area (Å²) in [5.74, 6) is 1.27. The maximum absolute atomic E-state index is 6.48. The van der Waals surface area contributed by atoms with E-state index in [0.29, 0.717) is 29.7 Å². The van der Waals surface area contributed by atoms with Gasteiger partial charge in [0.05, 0.1) is 7.11 Å². The fourth-order valence-electron chi connectivity index (χ4n) is 2.73. The maximum atomic E-state index is 6.48. The number of hydrogen-bond acceptors (Lipinski definition) is 3. The highest BCUT2D eigenvalue weighted by molar-refractivity contribution is 6.32. The zero-order valence-corrected chi connectivity index (χ0v) is 17.7. The molecule has 3 aromatic rings. The second-order valence-corrected chi connectivity index (χ2v) is 7.50. The largest absolute Gasteiger partial charge is 0.493 e. The first-order chi connectivity index (χ1) is 13.5. The maximum Gasteiger partial charge on any atom is 0.163 e. The van der Waals surface area contributed by atoms with Gasteiger partial charge in [0.1, 0.15) is 6.61 Å². The molecule has 28 heavy (non-hydrogen) atoms. The molecule has 0 aromatic heterocycles. The van der Waals surface area contributed by atoms with Gasteiger partial charge in [-0.05, 0) is 48.7 Å². The number of methoxy groups -OCH3 is 1. The fourth-order valence-corrected chi connectivity index (χ4v) is 3.13. The van der Waals surface area contributed by atoms with Crippen molar-refractivity contribution in [3.63, 3.8) is 0 Å². The predicted octanol–water partition coefficient (Wildman–Crippen LogP) is 6.81. The second kappa shape index (κ2) is 9.22. The predicted molar refractivity (Wildman–Crippen MR) is 117 cm³/mol. The summed E-state index contributed by atoms with van der Waals surface area (Å²) >= 11 is 12.7. The lowest BCUT2D eigenvalue weighted by Crippen LogP contribution is -2.03. The molecule has 0 bridgehead atoms. The standard InChI is InChI=1S/C23H23Cl2NO2/c1-15-4-7-17(8-5-15)14-28-23-12-21(25)18(10-22(23)27-3)13-26-19-9-6-16(2)20(24)11-19/h4-12,26H,13-14H2,1-3H3. The number of benzene rings is 3. The van der Waals surface area contributed by atoms with E-state index >= 15 is 0 Å². The molecule has 0 atom stereocenters. The van der Waals surface area contributed by atoms with Gasteiger partial charge < -0.3 is 14.8 Å². The van der Waals surface area contributed by atoms with Gasteiger partial charge in [-0.15, -0.1) is 0 Å². The summed E-state index contributed by atoms with van der Waals surface area (Å²) in [4.78, 5) is 0. The Kier molecular flexibility index (Phi) is 6.71. The summed E-state index contributed by atoms with van der Waals surface area (Å²) in [6.07, 6.45) is 0. The highest BCUT2D eigenvalue weighted by Gasteiger charge is 2.11.